The van der Waals surface area contributed by atoms with Crippen molar-refractivity contribution in [3.05, 3.63) is 174 Å². The number of hydrogen-bond acceptors (Lipinski definition) is 5. The number of para-hydroxylation sites is 3. The molecule has 11 rings (SSSR count). The molecule has 242 valence electrons. The van der Waals surface area contributed by atoms with Crippen molar-refractivity contribution < 1.29 is 13.3 Å². The summed E-state index contributed by atoms with van der Waals surface area (Å²) in [6.07, 6.45) is 2.14. The summed E-state index contributed by atoms with van der Waals surface area (Å²) in [5.74, 6) is 0. The van der Waals surface area contributed by atoms with E-state index in [4.69, 9.17) is 13.3 Å². The molecule has 0 aliphatic carbocycles. The Morgan fingerprint density at radius 2 is 1.06 bits per heavy atom. The molecule has 0 bridgehead atoms. The van der Waals surface area contributed by atoms with Crippen molar-refractivity contribution in [3.8, 4) is 11.1 Å². The zero-order chi connectivity index (χ0) is 33.5. The maximum Gasteiger partial charge on any atom is 0.143 e. The fourth-order valence-electron chi connectivity index (χ4n) is 7.86. The van der Waals surface area contributed by atoms with E-state index in [9.17, 15) is 0 Å². The minimum atomic E-state index is -0.136. The topological polar surface area (TPSA) is 63.5 Å². The Morgan fingerprint density at radius 3 is 1.92 bits per heavy atom. The molecule has 5 nitrogen and oxygen atoms in total. The van der Waals surface area contributed by atoms with Crippen molar-refractivity contribution in [3.63, 3.8) is 0 Å². The van der Waals surface area contributed by atoms with E-state index < -0.39 is 0 Å². The summed E-state index contributed by atoms with van der Waals surface area (Å²) in [4.78, 5) is 0. The van der Waals surface area contributed by atoms with Crippen LogP contribution in [0.4, 0.5) is 0 Å². The second-order valence-corrected chi connectivity index (χ2v) is 13.4. The van der Waals surface area contributed by atoms with Crippen LogP contribution in [0, 0.1) is 0 Å². The standard InChI is InChI=1S/C46H30N2O3/c1-2-9-27(10-3-1)38-26-39(48-46(47-38)30-19-22-42-37(23-30)33-12-5-6-15-40(33)49-42)29-18-21-35-34-20-17-28(24-43(34)50-44(35)25-29)31-13-8-14-36-32-11-4-7-16-41(32)51-45(31)36/h1-26,39,46-48H. The Hall–Kier alpha value is -6.56. The van der Waals surface area contributed by atoms with Crippen LogP contribution in [-0.4, -0.2) is 0 Å². The quantitative estimate of drug-likeness (QED) is 0.197. The number of rotatable bonds is 4. The first-order valence-corrected chi connectivity index (χ1v) is 17.3. The lowest BCUT2D eigenvalue weighted by molar-refractivity contribution is 0.443. The number of hydrogen-bond donors (Lipinski definition) is 2. The van der Waals surface area contributed by atoms with Gasteiger partial charge in [-0.25, -0.2) is 0 Å². The predicted octanol–water partition coefficient (Wildman–Crippen LogP) is 12.0. The van der Waals surface area contributed by atoms with Gasteiger partial charge >= 0.3 is 0 Å². The van der Waals surface area contributed by atoms with Gasteiger partial charge in [0, 0.05) is 43.6 Å². The number of benzene rings is 7. The molecule has 7 aromatic carbocycles. The van der Waals surface area contributed by atoms with Crippen LogP contribution in [0.5, 0.6) is 0 Å². The molecule has 1 aliphatic heterocycles. The van der Waals surface area contributed by atoms with Crippen LogP contribution in [0.3, 0.4) is 0 Å². The smallest absolute Gasteiger partial charge is 0.143 e. The maximum atomic E-state index is 6.62. The fraction of sp³-hybridized carbons (Fsp3) is 0.0435. The largest absolute Gasteiger partial charge is 0.456 e. The highest BCUT2D eigenvalue weighted by molar-refractivity contribution is 6.11. The van der Waals surface area contributed by atoms with E-state index in [1.165, 1.54) is 0 Å². The van der Waals surface area contributed by atoms with E-state index >= 15 is 0 Å². The van der Waals surface area contributed by atoms with E-state index in [1.54, 1.807) is 0 Å². The van der Waals surface area contributed by atoms with E-state index in [-0.39, 0.29) is 12.2 Å². The van der Waals surface area contributed by atoms with Gasteiger partial charge in [-0.3, -0.25) is 5.32 Å². The molecular weight excluding hydrogens is 629 g/mol. The van der Waals surface area contributed by atoms with E-state index in [0.717, 1.165) is 99.3 Å². The maximum absolute atomic E-state index is 6.62. The second kappa shape index (κ2) is 11.0. The Morgan fingerprint density at radius 1 is 0.412 bits per heavy atom. The molecule has 10 aromatic rings. The Balaban J connectivity index is 0.991. The van der Waals surface area contributed by atoms with Gasteiger partial charge in [0.15, 0.2) is 0 Å². The minimum absolute atomic E-state index is 0.0675. The predicted molar refractivity (Wildman–Crippen MR) is 206 cm³/mol. The Labute approximate surface area is 292 Å². The first-order chi connectivity index (χ1) is 25.2. The lowest BCUT2D eigenvalue weighted by atomic mass is 9.97. The summed E-state index contributed by atoms with van der Waals surface area (Å²) in [5.41, 5.74) is 11.9. The highest BCUT2D eigenvalue weighted by Crippen LogP contribution is 2.40. The van der Waals surface area contributed by atoms with Crippen LogP contribution in [0.2, 0.25) is 0 Å². The summed E-state index contributed by atoms with van der Waals surface area (Å²) in [6, 6.07) is 52.7. The molecule has 0 saturated carbocycles. The highest BCUT2D eigenvalue weighted by Gasteiger charge is 2.26. The van der Waals surface area contributed by atoms with Crippen molar-refractivity contribution in [1.82, 2.24) is 10.6 Å². The normalized spacial score (nSPS) is 16.4. The molecule has 5 heteroatoms. The van der Waals surface area contributed by atoms with Gasteiger partial charge < -0.3 is 18.6 Å². The molecule has 1 aliphatic rings. The molecule has 0 radical (unpaired) electrons. The average Bonchev–Trinajstić information content (AvgIpc) is 3.88. The first kappa shape index (κ1) is 28.3. The van der Waals surface area contributed by atoms with Crippen LogP contribution in [-0.2, 0) is 0 Å². The molecule has 51 heavy (non-hydrogen) atoms. The van der Waals surface area contributed by atoms with Crippen LogP contribution in [0.25, 0.3) is 82.6 Å². The monoisotopic (exact) mass is 658 g/mol. The molecule has 2 unspecified atom stereocenters. The van der Waals surface area contributed by atoms with Gasteiger partial charge in [-0.15, -0.1) is 0 Å². The lowest BCUT2D eigenvalue weighted by Gasteiger charge is -2.33. The van der Waals surface area contributed by atoms with Crippen molar-refractivity contribution in [2.75, 3.05) is 0 Å². The SMILES string of the molecule is C1=C(c2ccccc2)NC(c2ccc3oc4ccccc4c3c2)NC1c1ccc2c(c1)oc1cc(-c3cccc4c3oc3ccccc34)ccc12. The number of furan rings is 3. The van der Waals surface area contributed by atoms with Gasteiger partial charge in [-0.2, -0.15) is 0 Å². The van der Waals surface area contributed by atoms with Gasteiger partial charge in [0.25, 0.3) is 0 Å². The van der Waals surface area contributed by atoms with Gasteiger partial charge in [0.2, 0.25) is 0 Å². The number of fused-ring (bicyclic) bond motifs is 9. The molecule has 0 amide bonds. The van der Waals surface area contributed by atoms with Crippen molar-refractivity contribution >= 4 is 71.5 Å². The van der Waals surface area contributed by atoms with E-state index in [1.807, 2.05) is 24.3 Å². The molecule has 0 saturated heterocycles. The highest BCUT2D eigenvalue weighted by atomic mass is 16.3. The second-order valence-electron chi connectivity index (χ2n) is 13.4. The van der Waals surface area contributed by atoms with Gasteiger partial charge in [-0.1, -0.05) is 109 Å². The van der Waals surface area contributed by atoms with Crippen molar-refractivity contribution in [2.24, 2.45) is 0 Å². The number of nitrogens with one attached hydrogen (secondary N) is 2. The zero-order valence-corrected chi connectivity index (χ0v) is 27.4. The van der Waals surface area contributed by atoms with Gasteiger partial charge in [0.05, 0.1) is 6.04 Å². The summed E-state index contributed by atoms with van der Waals surface area (Å²) >= 11 is 0. The zero-order valence-electron chi connectivity index (χ0n) is 27.4. The van der Waals surface area contributed by atoms with Crippen LogP contribution in [0.15, 0.2) is 171 Å². The molecule has 3 aromatic heterocycles. The van der Waals surface area contributed by atoms with Crippen LogP contribution in [0.1, 0.15) is 28.9 Å². The molecule has 2 atom stereocenters. The third-order valence-corrected chi connectivity index (χ3v) is 10.4. The Kier molecular flexibility index (Phi) is 6.09. The molecule has 0 fully saturated rings. The lowest BCUT2D eigenvalue weighted by Crippen LogP contribution is -2.39. The first-order valence-electron chi connectivity index (χ1n) is 17.3. The minimum Gasteiger partial charge on any atom is -0.456 e. The van der Waals surface area contributed by atoms with Crippen molar-refractivity contribution in [2.45, 2.75) is 12.2 Å². The third kappa shape index (κ3) is 4.52. The third-order valence-electron chi connectivity index (χ3n) is 10.4. The van der Waals surface area contributed by atoms with E-state index in [2.05, 4.69) is 144 Å². The summed E-state index contributed by atoms with van der Waals surface area (Å²) < 4.78 is 19.1. The molecule has 4 heterocycles. The summed E-state index contributed by atoms with van der Waals surface area (Å²) in [6.45, 7) is 0. The molecule has 2 N–H and O–H groups in total. The Bertz CT molecular complexity index is 3000. The van der Waals surface area contributed by atoms with Crippen LogP contribution < -0.4 is 10.6 Å². The van der Waals surface area contributed by atoms with Crippen LogP contribution >= 0.6 is 0 Å². The van der Waals surface area contributed by atoms with Gasteiger partial charge in [-0.05, 0) is 70.8 Å². The summed E-state index contributed by atoms with van der Waals surface area (Å²) in [7, 11) is 0. The van der Waals surface area contributed by atoms with Gasteiger partial charge in [0.1, 0.15) is 39.7 Å². The molecule has 0 spiro atoms. The fourth-order valence-corrected chi connectivity index (χ4v) is 7.86. The van der Waals surface area contributed by atoms with Crippen molar-refractivity contribution in [1.29, 1.82) is 0 Å². The van der Waals surface area contributed by atoms with E-state index in [0.29, 0.717) is 0 Å². The average molecular weight is 659 g/mol. The molecular formula is C46H30N2O3. The summed E-state index contributed by atoms with van der Waals surface area (Å²) in [5, 5.41) is 14.3.